The van der Waals surface area contributed by atoms with Gasteiger partial charge in [-0.15, -0.1) is 0 Å². The number of rotatable bonds is 6. The molecule has 1 amide bonds. The average molecular weight is 355 g/mol. The second kappa shape index (κ2) is 7.96. The molecule has 1 aromatic rings. The third-order valence-electron chi connectivity index (χ3n) is 4.18. The number of nitrogens with one attached hydrogen (secondary N) is 1. The molecule has 1 N–H and O–H groups in total. The first kappa shape index (κ1) is 18.7. The summed E-state index contributed by atoms with van der Waals surface area (Å²) in [5.74, 6) is 0.743. The number of hydrogen-bond acceptors (Lipinski definition) is 4. The van der Waals surface area contributed by atoms with E-state index in [4.69, 9.17) is 4.74 Å². The molecule has 7 nitrogen and oxygen atoms in total. The van der Waals surface area contributed by atoms with Gasteiger partial charge in [-0.05, 0) is 18.9 Å². The van der Waals surface area contributed by atoms with E-state index in [1.807, 2.05) is 24.3 Å². The Kier molecular flexibility index (Phi) is 6.20. The standard InChI is InChI=1S/C16H25N3O4S/c1-18(2)24(21,22)17-14-8-10-19(11-9-14)16(20)12-13-6-4-5-7-15(13)23-3/h4-7,14,17H,8-12H2,1-3H3. The van der Waals surface area contributed by atoms with Crippen LogP contribution in [0.1, 0.15) is 18.4 Å². The number of piperidine rings is 1. The van der Waals surface area contributed by atoms with Crippen LogP contribution in [-0.2, 0) is 21.4 Å². The molecule has 0 saturated carbocycles. The lowest BCUT2D eigenvalue weighted by molar-refractivity contribution is -0.131. The Bertz CT molecular complexity index is 668. The molecule has 1 heterocycles. The zero-order valence-electron chi connectivity index (χ0n) is 14.4. The quantitative estimate of drug-likeness (QED) is 0.812. The number of ether oxygens (including phenoxy) is 1. The molecule has 2 rings (SSSR count). The molecule has 134 valence electrons. The van der Waals surface area contributed by atoms with Crippen molar-refractivity contribution in [2.75, 3.05) is 34.3 Å². The van der Waals surface area contributed by atoms with Gasteiger partial charge in [0.05, 0.1) is 13.5 Å². The first-order valence-electron chi connectivity index (χ1n) is 7.93. The summed E-state index contributed by atoms with van der Waals surface area (Å²) in [6.07, 6.45) is 1.52. The molecule has 0 aromatic heterocycles. The third-order valence-corrected chi connectivity index (χ3v) is 5.77. The fraction of sp³-hybridized carbons (Fsp3) is 0.562. The van der Waals surface area contributed by atoms with E-state index in [2.05, 4.69) is 4.72 Å². The number of carbonyl (C=O) groups is 1. The summed E-state index contributed by atoms with van der Waals surface area (Å²) in [6.45, 7) is 1.10. The highest BCUT2D eigenvalue weighted by atomic mass is 32.2. The van der Waals surface area contributed by atoms with Gasteiger partial charge in [0.25, 0.3) is 10.2 Å². The Labute approximate surface area is 143 Å². The van der Waals surface area contributed by atoms with Crippen molar-refractivity contribution in [1.82, 2.24) is 13.9 Å². The number of para-hydroxylation sites is 1. The van der Waals surface area contributed by atoms with E-state index in [1.54, 1.807) is 12.0 Å². The molecule has 1 aliphatic heterocycles. The lowest BCUT2D eigenvalue weighted by Gasteiger charge is -2.33. The number of amides is 1. The molecule has 0 spiro atoms. The molecule has 0 radical (unpaired) electrons. The Hall–Kier alpha value is -1.64. The van der Waals surface area contributed by atoms with Crippen molar-refractivity contribution >= 4 is 16.1 Å². The predicted molar refractivity (Wildman–Crippen MR) is 92.0 cm³/mol. The number of carbonyl (C=O) groups excluding carboxylic acids is 1. The average Bonchev–Trinajstić information content (AvgIpc) is 2.55. The van der Waals surface area contributed by atoms with Gasteiger partial charge in [-0.25, -0.2) is 0 Å². The summed E-state index contributed by atoms with van der Waals surface area (Å²) in [4.78, 5) is 14.2. The van der Waals surface area contributed by atoms with E-state index in [1.165, 1.54) is 14.1 Å². The number of likely N-dealkylation sites (tertiary alicyclic amines) is 1. The molecule has 0 atom stereocenters. The predicted octanol–water partition coefficient (Wildman–Crippen LogP) is 0.625. The summed E-state index contributed by atoms with van der Waals surface area (Å²) in [7, 11) is 1.15. The van der Waals surface area contributed by atoms with Crippen LogP contribution in [0.5, 0.6) is 5.75 Å². The maximum absolute atomic E-state index is 12.5. The second-order valence-electron chi connectivity index (χ2n) is 6.05. The molecule has 1 aliphatic rings. The van der Waals surface area contributed by atoms with Crippen LogP contribution in [-0.4, -0.2) is 63.9 Å². The Morgan fingerprint density at radius 1 is 1.29 bits per heavy atom. The van der Waals surface area contributed by atoms with E-state index in [9.17, 15) is 13.2 Å². The van der Waals surface area contributed by atoms with Crippen LogP contribution in [0.25, 0.3) is 0 Å². The highest BCUT2D eigenvalue weighted by Crippen LogP contribution is 2.20. The minimum absolute atomic E-state index is 0.0356. The largest absolute Gasteiger partial charge is 0.496 e. The maximum Gasteiger partial charge on any atom is 0.279 e. The normalized spacial score (nSPS) is 16.4. The summed E-state index contributed by atoms with van der Waals surface area (Å²) < 4.78 is 32.8. The summed E-state index contributed by atoms with van der Waals surface area (Å²) in [5, 5.41) is 0. The summed E-state index contributed by atoms with van der Waals surface area (Å²) in [5.41, 5.74) is 0.862. The molecular formula is C16H25N3O4S. The number of benzene rings is 1. The van der Waals surface area contributed by atoms with Crippen LogP contribution < -0.4 is 9.46 Å². The fourth-order valence-corrected chi connectivity index (χ4v) is 3.55. The molecule has 24 heavy (non-hydrogen) atoms. The Morgan fingerprint density at radius 2 is 1.92 bits per heavy atom. The van der Waals surface area contributed by atoms with Gasteiger partial charge in [-0.3, -0.25) is 4.79 Å². The highest BCUT2D eigenvalue weighted by Gasteiger charge is 2.27. The number of nitrogens with zero attached hydrogens (tertiary/aromatic N) is 2. The van der Waals surface area contributed by atoms with E-state index in [0.717, 1.165) is 9.87 Å². The SMILES string of the molecule is COc1ccccc1CC(=O)N1CCC(NS(=O)(=O)N(C)C)CC1. The van der Waals surface area contributed by atoms with Crippen LogP contribution in [0.2, 0.25) is 0 Å². The minimum Gasteiger partial charge on any atom is -0.496 e. The van der Waals surface area contributed by atoms with Crippen LogP contribution in [0.4, 0.5) is 0 Å². The molecule has 1 fully saturated rings. The molecule has 0 aliphatic carbocycles. The Morgan fingerprint density at radius 3 is 2.50 bits per heavy atom. The van der Waals surface area contributed by atoms with Crippen molar-refractivity contribution in [1.29, 1.82) is 0 Å². The van der Waals surface area contributed by atoms with Gasteiger partial charge in [0.15, 0.2) is 0 Å². The zero-order chi connectivity index (χ0) is 17.7. The molecule has 0 unspecified atom stereocenters. The molecular weight excluding hydrogens is 330 g/mol. The van der Waals surface area contributed by atoms with Gasteiger partial charge in [0, 0.05) is 38.8 Å². The third kappa shape index (κ3) is 4.68. The van der Waals surface area contributed by atoms with E-state index in [-0.39, 0.29) is 18.4 Å². The van der Waals surface area contributed by atoms with Gasteiger partial charge >= 0.3 is 0 Å². The van der Waals surface area contributed by atoms with Gasteiger partial charge < -0.3 is 9.64 Å². The number of hydrogen-bond donors (Lipinski definition) is 1. The summed E-state index contributed by atoms with van der Waals surface area (Å²) >= 11 is 0. The second-order valence-corrected chi connectivity index (χ2v) is 7.97. The molecule has 1 saturated heterocycles. The smallest absolute Gasteiger partial charge is 0.279 e. The fourth-order valence-electron chi connectivity index (χ4n) is 2.69. The molecule has 1 aromatic carbocycles. The van der Waals surface area contributed by atoms with Crippen molar-refractivity contribution in [3.05, 3.63) is 29.8 Å². The lowest BCUT2D eigenvalue weighted by atomic mass is 10.0. The Balaban J connectivity index is 1.89. The topological polar surface area (TPSA) is 79.0 Å². The summed E-state index contributed by atoms with van der Waals surface area (Å²) in [6, 6.07) is 7.34. The van der Waals surface area contributed by atoms with E-state index in [0.29, 0.717) is 31.7 Å². The van der Waals surface area contributed by atoms with Crippen LogP contribution in [0, 0.1) is 0 Å². The molecule has 8 heteroatoms. The van der Waals surface area contributed by atoms with Crippen LogP contribution in [0.15, 0.2) is 24.3 Å². The van der Waals surface area contributed by atoms with Crippen molar-refractivity contribution in [3.8, 4) is 5.75 Å². The van der Waals surface area contributed by atoms with Crippen molar-refractivity contribution in [3.63, 3.8) is 0 Å². The van der Waals surface area contributed by atoms with Gasteiger partial charge in [-0.1, -0.05) is 18.2 Å². The van der Waals surface area contributed by atoms with Gasteiger partial charge in [-0.2, -0.15) is 17.4 Å². The van der Waals surface area contributed by atoms with Gasteiger partial charge in [0.1, 0.15) is 5.75 Å². The highest BCUT2D eigenvalue weighted by molar-refractivity contribution is 7.87. The number of methoxy groups -OCH3 is 1. The van der Waals surface area contributed by atoms with Crippen LogP contribution in [0.3, 0.4) is 0 Å². The maximum atomic E-state index is 12.5. The first-order valence-corrected chi connectivity index (χ1v) is 9.37. The first-order chi connectivity index (χ1) is 11.3. The minimum atomic E-state index is -3.43. The van der Waals surface area contributed by atoms with Crippen molar-refractivity contribution in [2.24, 2.45) is 0 Å². The lowest BCUT2D eigenvalue weighted by Crippen LogP contribution is -2.49. The molecule has 0 bridgehead atoms. The van der Waals surface area contributed by atoms with Crippen molar-refractivity contribution in [2.45, 2.75) is 25.3 Å². The van der Waals surface area contributed by atoms with Crippen molar-refractivity contribution < 1.29 is 17.9 Å². The zero-order valence-corrected chi connectivity index (χ0v) is 15.2. The van der Waals surface area contributed by atoms with E-state index < -0.39 is 10.2 Å². The van der Waals surface area contributed by atoms with Crippen LogP contribution >= 0.6 is 0 Å². The monoisotopic (exact) mass is 355 g/mol. The van der Waals surface area contributed by atoms with Gasteiger partial charge in [0.2, 0.25) is 5.91 Å². The van der Waals surface area contributed by atoms with E-state index >= 15 is 0 Å².